The molecule has 0 aliphatic carbocycles. The zero-order chi connectivity index (χ0) is 16.9. The highest BCUT2D eigenvalue weighted by Crippen LogP contribution is 2.18. The number of methoxy groups -OCH3 is 1. The molecule has 1 unspecified atom stereocenters. The number of hydrogen-bond acceptors (Lipinski definition) is 6. The van der Waals surface area contributed by atoms with Crippen LogP contribution in [0.25, 0.3) is 0 Å². The van der Waals surface area contributed by atoms with Gasteiger partial charge in [0.1, 0.15) is 5.75 Å². The van der Waals surface area contributed by atoms with Gasteiger partial charge in [0.15, 0.2) is 9.84 Å². The molecular formula is C16H26N2O4S. The first kappa shape index (κ1) is 18.2. The molecule has 1 aliphatic rings. The van der Waals surface area contributed by atoms with E-state index in [-0.39, 0.29) is 11.9 Å². The highest BCUT2D eigenvalue weighted by molar-refractivity contribution is 7.91. The lowest BCUT2D eigenvalue weighted by molar-refractivity contribution is -0.0361. The van der Waals surface area contributed by atoms with E-state index in [0.717, 1.165) is 19.6 Å². The highest BCUT2D eigenvalue weighted by atomic mass is 32.2. The first-order chi connectivity index (χ1) is 10.9. The van der Waals surface area contributed by atoms with E-state index in [9.17, 15) is 8.42 Å². The fourth-order valence-corrected chi connectivity index (χ4v) is 3.98. The van der Waals surface area contributed by atoms with E-state index in [1.807, 2.05) is 14.1 Å². The van der Waals surface area contributed by atoms with Crippen molar-refractivity contribution < 1.29 is 17.9 Å². The summed E-state index contributed by atoms with van der Waals surface area (Å²) < 4.78 is 35.8. The van der Waals surface area contributed by atoms with Crippen LogP contribution in [0.2, 0.25) is 0 Å². The van der Waals surface area contributed by atoms with E-state index in [4.69, 9.17) is 9.47 Å². The maximum absolute atomic E-state index is 12.5. The molecule has 0 aromatic heterocycles. The van der Waals surface area contributed by atoms with Gasteiger partial charge in [0.2, 0.25) is 0 Å². The number of rotatable bonds is 7. The van der Waals surface area contributed by atoms with E-state index >= 15 is 0 Å². The van der Waals surface area contributed by atoms with Crippen LogP contribution >= 0.6 is 0 Å². The molecule has 6 nitrogen and oxygen atoms in total. The molecule has 1 aliphatic heterocycles. The molecule has 1 saturated heterocycles. The van der Waals surface area contributed by atoms with Gasteiger partial charge in [0.05, 0.1) is 30.5 Å². The van der Waals surface area contributed by atoms with Crippen molar-refractivity contribution in [2.24, 2.45) is 0 Å². The van der Waals surface area contributed by atoms with Crippen molar-refractivity contribution in [3.05, 3.63) is 24.3 Å². The number of morpholine rings is 1. The monoisotopic (exact) mass is 342 g/mol. The Bertz CT molecular complexity index is 604. The lowest BCUT2D eigenvalue weighted by Gasteiger charge is -2.34. The molecule has 0 N–H and O–H groups in total. The van der Waals surface area contributed by atoms with Crippen molar-refractivity contribution in [1.82, 2.24) is 9.80 Å². The predicted molar refractivity (Wildman–Crippen MR) is 89.8 cm³/mol. The summed E-state index contributed by atoms with van der Waals surface area (Å²) in [6.07, 6.45) is 0.137. The van der Waals surface area contributed by atoms with Crippen LogP contribution in [0.15, 0.2) is 29.2 Å². The SMILES string of the molecule is COc1cccc(S(=O)(=O)CCN2CCOC(CN(C)C)C2)c1. The maximum atomic E-state index is 12.5. The normalized spacial score (nSPS) is 19.9. The van der Waals surface area contributed by atoms with E-state index in [1.165, 1.54) is 7.11 Å². The molecule has 0 bridgehead atoms. The Morgan fingerprint density at radius 1 is 1.39 bits per heavy atom. The second-order valence-electron chi connectivity index (χ2n) is 6.05. The molecular weight excluding hydrogens is 316 g/mol. The zero-order valence-corrected chi connectivity index (χ0v) is 14.9. The quantitative estimate of drug-likeness (QED) is 0.728. The molecule has 2 rings (SSSR count). The number of likely N-dealkylation sites (N-methyl/N-ethyl adjacent to an activating group) is 1. The van der Waals surface area contributed by atoms with Crippen LogP contribution in [0, 0.1) is 0 Å². The lowest BCUT2D eigenvalue weighted by Crippen LogP contribution is -2.47. The summed E-state index contributed by atoms with van der Waals surface area (Å²) in [4.78, 5) is 4.56. The van der Waals surface area contributed by atoms with Crippen molar-refractivity contribution in [2.75, 3.05) is 59.7 Å². The number of benzene rings is 1. The van der Waals surface area contributed by atoms with Crippen LogP contribution in [-0.2, 0) is 14.6 Å². The predicted octanol–water partition coefficient (Wildman–Crippen LogP) is 0.731. The Balaban J connectivity index is 1.93. The van der Waals surface area contributed by atoms with Crippen LogP contribution in [-0.4, -0.2) is 84.1 Å². The molecule has 0 amide bonds. The molecule has 1 atom stereocenters. The van der Waals surface area contributed by atoms with Crippen LogP contribution < -0.4 is 4.74 Å². The van der Waals surface area contributed by atoms with Crippen molar-refractivity contribution in [1.29, 1.82) is 0 Å². The molecule has 1 aromatic carbocycles. The lowest BCUT2D eigenvalue weighted by atomic mass is 10.2. The minimum absolute atomic E-state index is 0.106. The third kappa shape index (κ3) is 5.46. The van der Waals surface area contributed by atoms with E-state index in [2.05, 4.69) is 9.80 Å². The van der Waals surface area contributed by atoms with Crippen molar-refractivity contribution in [3.8, 4) is 5.75 Å². The van der Waals surface area contributed by atoms with Gasteiger partial charge in [-0.05, 0) is 32.3 Å². The number of sulfone groups is 1. The topological polar surface area (TPSA) is 59.1 Å². The van der Waals surface area contributed by atoms with Gasteiger partial charge in [0, 0.05) is 26.2 Å². The summed E-state index contributed by atoms with van der Waals surface area (Å²) in [5.41, 5.74) is 0. The summed E-state index contributed by atoms with van der Waals surface area (Å²) in [5, 5.41) is 0. The van der Waals surface area contributed by atoms with Crippen LogP contribution in [0.3, 0.4) is 0 Å². The van der Waals surface area contributed by atoms with Crippen LogP contribution in [0.1, 0.15) is 0 Å². The third-order valence-electron chi connectivity index (χ3n) is 3.87. The number of nitrogens with zero attached hydrogens (tertiary/aromatic N) is 2. The molecule has 0 radical (unpaired) electrons. The fourth-order valence-electron chi connectivity index (χ4n) is 2.66. The zero-order valence-electron chi connectivity index (χ0n) is 14.1. The van der Waals surface area contributed by atoms with E-state index in [0.29, 0.717) is 23.8 Å². The Morgan fingerprint density at radius 2 is 2.17 bits per heavy atom. The Morgan fingerprint density at radius 3 is 2.87 bits per heavy atom. The molecule has 130 valence electrons. The number of hydrogen-bond donors (Lipinski definition) is 0. The molecule has 0 saturated carbocycles. The van der Waals surface area contributed by atoms with Gasteiger partial charge >= 0.3 is 0 Å². The summed E-state index contributed by atoms with van der Waals surface area (Å²) in [7, 11) is 2.25. The van der Waals surface area contributed by atoms with Gasteiger partial charge in [-0.3, -0.25) is 4.90 Å². The van der Waals surface area contributed by atoms with Crippen molar-refractivity contribution >= 4 is 9.84 Å². The van der Waals surface area contributed by atoms with Gasteiger partial charge in [-0.25, -0.2) is 8.42 Å². The largest absolute Gasteiger partial charge is 0.497 e. The van der Waals surface area contributed by atoms with Crippen LogP contribution in [0.4, 0.5) is 0 Å². The Hall–Kier alpha value is -1.15. The smallest absolute Gasteiger partial charge is 0.179 e. The molecule has 0 spiro atoms. The summed E-state index contributed by atoms with van der Waals surface area (Å²) in [5.74, 6) is 0.665. The third-order valence-corrected chi connectivity index (χ3v) is 5.56. The summed E-state index contributed by atoms with van der Waals surface area (Å²) >= 11 is 0. The first-order valence-corrected chi connectivity index (χ1v) is 9.41. The van der Waals surface area contributed by atoms with Crippen LogP contribution in [0.5, 0.6) is 5.75 Å². The molecule has 1 fully saturated rings. The van der Waals surface area contributed by atoms with Gasteiger partial charge in [-0.15, -0.1) is 0 Å². The molecule has 7 heteroatoms. The molecule has 23 heavy (non-hydrogen) atoms. The van der Waals surface area contributed by atoms with Crippen molar-refractivity contribution in [3.63, 3.8) is 0 Å². The summed E-state index contributed by atoms with van der Waals surface area (Å²) in [6.45, 7) is 3.56. The summed E-state index contributed by atoms with van der Waals surface area (Å²) in [6, 6.07) is 6.63. The average Bonchev–Trinajstić information content (AvgIpc) is 2.53. The molecule has 1 aromatic rings. The van der Waals surface area contributed by atoms with E-state index in [1.54, 1.807) is 24.3 Å². The second kappa shape index (κ2) is 8.10. The fraction of sp³-hybridized carbons (Fsp3) is 0.625. The Kier molecular flexibility index (Phi) is 6.41. The average molecular weight is 342 g/mol. The van der Waals surface area contributed by atoms with Gasteiger partial charge < -0.3 is 14.4 Å². The minimum atomic E-state index is -3.31. The van der Waals surface area contributed by atoms with Gasteiger partial charge in [-0.1, -0.05) is 6.07 Å². The first-order valence-electron chi connectivity index (χ1n) is 7.76. The van der Waals surface area contributed by atoms with E-state index < -0.39 is 9.84 Å². The van der Waals surface area contributed by atoms with Gasteiger partial charge in [-0.2, -0.15) is 0 Å². The standard InChI is InChI=1S/C16H26N2O4S/c1-17(2)12-15-13-18(7-9-22-15)8-10-23(19,20)16-6-4-5-14(11-16)21-3/h4-6,11,15H,7-10,12-13H2,1-3H3. The second-order valence-corrected chi connectivity index (χ2v) is 8.16. The Labute approximate surface area is 138 Å². The molecule has 1 heterocycles. The number of ether oxygens (including phenoxy) is 2. The minimum Gasteiger partial charge on any atom is -0.497 e. The highest BCUT2D eigenvalue weighted by Gasteiger charge is 2.23. The maximum Gasteiger partial charge on any atom is 0.179 e. The van der Waals surface area contributed by atoms with Crippen molar-refractivity contribution in [2.45, 2.75) is 11.0 Å². The van der Waals surface area contributed by atoms with Gasteiger partial charge in [0.25, 0.3) is 0 Å².